The van der Waals surface area contributed by atoms with Gasteiger partial charge in [-0.05, 0) is 30.2 Å². The van der Waals surface area contributed by atoms with Crippen molar-refractivity contribution in [1.29, 1.82) is 0 Å². The Morgan fingerprint density at radius 3 is 2.31 bits per heavy atom. The number of amides is 3. The summed E-state index contributed by atoms with van der Waals surface area (Å²) in [5, 5.41) is 12.4. The van der Waals surface area contributed by atoms with Crippen LogP contribution in [0.4, 0.5) is 4.79 Å². The number of aromatic hydroxyl groups is 1. The van der Waals surface area contributed by atoms with Crippen molar-refractivity contribution in [1.82, 2.24) is 15.1 Å². The molecule has 0 aliphatic carbocycles. The molecule has 1 fully saturated rings. The number of hydrogen-bond acceptors (Lipinski definition) is 3. The van der Waals surface area contributed by atoms with Gasteiger partial charge in [0.25, 0.3) is 5.91 Å². The maximum absolute atomic E-state index is 12.5. The van der Waals surface area contributed by atoms with E-state index in [-0.39, 0.29) is 17.7 Å². The second-order valence-corrected chi connectivity index (χ2v) is 6.30. The van der Waals surface area contributed by atoms with Gasteiger partial charge in [-0.2, -0.15) is 0 Å². The molecule has 3 amide bonds. The van der Waals surface area contributed by atoms with Gasteiger partial charge in [0.1, 0.15) is 5.75 Å². The summed E-state index contributed by atoms with van der Waals surface area (Å²) in [5.41, 5.74) is 1.65. The Kier molecular flexibility index (Phi) is 5.73. The molecule has 0 saturated carbocycles. The molecule has 0 atom stereocenters. The summed E-state index contributed by atoms with van der Waals surface area (Å²) in [6.45, 7) is 2.57. The zero-order chi connectivity index (χ0) is 18.4. The molecule has 26 heavy (non-hydrogen) atoms. The molecule has 0 bridgehead atoms. The van der Waals surface area contributed by atoms with Gasteiger partial charge < -0.3 is 20.2 Å². The first-order valence-electron chi connectivity index (χ1n) is 8.78. The highest BCUT2D eigenvalue weighted by Gasteiger charge is 2.24. The van der Waals surface area contributed by atoms with E-state index < -0.39 is 0 Å². The van der Waals surface area contributed by atoms with Crippen LogP contribution >= 0.6 is 0 Å². The summed E-state index contributed by atoms with van der Waals surface area (Å²) in [4.78, 5) is 28.2. The van der Waals surface area contributed by atoms with Gasteiger partial charge in [0, 0.05) is 38.3 Å². The molecule has 1 aliphatic heterocycles. The van der Waals surface area contributed by atoms with Crippen molar-refractivity contribution in [2.45, 2.75) is 6.42 Å². The van der Waals surface area contributed by atoms with Crippen molar-refractivity contribution in [2.75, 3.05) is 32.7 Å². The molecule has 1 saturated heterocycles. The third kappa shape index (κ3) is 4.53. The van der Waals surface area contributed by atoms with E-state index in [1.807, 2.05) is 30.3 Å². The molecule has 1 heterocycles. The first-order chi connectivity index (χ1) is 12.6. The van der Waals surface area contributed by atoms with Crippen molar-refractivity contribution >= 4 is 11.9 Å². The molecule has 2 N–H and O–H groups in total. The van der Waals surface area contributed by atoms with Gasteiger partial charge in [-0.25, -0.2) is 4.79 Å². The van der Waals surface area contributed by atoms with E-state index in [9.17, 15) is 14.7 Å². The molecule has 6 heteroatoms. The van der Waals surface area contributed by atoms with E-state index in [4.69, 9.17) is 0 Å². The third-order valence-corrected chi connectivity index (χ3v) is 4.48. The van der Waals surface area contributed by atoms with E-state index in [2.05, 4.69) is 5.32 Å². The average Bonchev–Trinajstić information content (AvgIpc) is 2.68. The highest BCUT2D eigenvalue weighted by atomic mass is 16.3. The molecule has 3 rings (SSSR count). The fourth-order valence-corrected chi connectivity index (χ4v) is 3.00. The number of benzene rings is 2. The summed E-state index contributed by atoms with van der Waals surface area (Å²) in [6, 6.07) is 16.3. The highest BCUT2D eigenvalue weighted by molar-refractivity contribution is 5.94. The Morgan fingerprint density at radius 2 is 1.62 bits per heavy atom. The van der Waals surface area contributed by atoms with Crippen molar-refractivity contribution in [3.8, 4) is 5.75 Å². The van der Waals surface area contributed by atoms with Gasteiger partial charge >= 0.3 is 6.03 Å². The largest absolute Gasteiger partial charge is 0.508 e. The van der Waals surface area contributed by atoms with Gasteiger partial charge in [0.2, 0.25) is 0 Å². The van der Waals surface area contributed by atoms with E-state index in [1.165, 1.54) is 17.7 Å². The van der Waals surface area contributed by atoms with Gasteiger partial charge in [0.15, 0.2) is 0 Å². The van der Waals surface area contributed by atoms with Crippen molar-refractivity contribution in [3.05, 3.63) is 65.7 Å². The lowest BCUT2D eigenvalue weighted by Crippen LogP contribution is -2.53. The summed E-state index contributed by atoms with van der Waals surface area (Å²) in [6.07, 6.45) is 0.794. The Bertz CT molecular complexity index is 756. The summed E-state index contributed by atoms with van der Waals surface area (Å²) in [7, 11) is 0. The molecule has 0 aromatic heterocycles. The van der Waals surface area contributed by atoms with Crippen LogP contribution in [0.5, 0.6) is 5.75 Å². The number of phenolic OH excluding ortho intramolecular Hbond substituents is 1. The minimum absolute atomic E-state index is 0.0762. The molecule has 0 radical (unpaired) electrons. The van der Waals surface area contributed by atoms with Crippen molar-refractivity contribution in [2.24, 2.45) is 0 Å². The van der Waals surface area contributed by atoms with Crippen LogP contribution < -0.4 is 5.32 Å². The second kappa shape index (κ2) is 8.38. The lowest BCUT2D eigenvalue weighted by Gasteiger charge is -2.34. The fraction of sp³-hybridized carbons (Fsp3) is 0.300. The molecule has 1 aliphatic rings. The molecular formula is C20H23N3O3. The summed E-state index contributed by atoms with van der Waals surface area (Å²) < 4.78 is 0. The van der Waals surface area contributed by atoms with Crippen LogP contribution in [-0.2, 0) is 6.42 Å². The number of carbonyl (C=O) groups is 2. The predicted molar refractivity (Wildman–Crippen MR) is 99.1 cm³/mol. The van der Waals surface area contributed by atoms with E-state index in [1.54, 1.807) is 21.9 Å². The van der Waals surface area contributed by atoms with E-state index in [0.29, 0.717) is 38.3 Å². The standard InChI is InChI=1S/C20H23N3O3/c24-18-8-4-7-17(15-18)19(25)22-11-13-23(14-12-22)20(26)21-10-9-16-5-2-1-3-6-16/h1-8,15,24H,9-14H2,(H,21,26). The molecule has 2 aromatic rings. The molecular weight excluding hydrogens is 330 g/mol. The normalized spacial score (nSPS) is 14.2. The Morgan fingerprint density at radius 1 is 0.923 bits per heavy atom. The smallest absolute Gasteiger partial charge is 0.317 e. The van der Waals surface area contributed by atoms with E-state index in [0.717, 1.165) is 6.42 Å². The lowest BCUT2D eigenvalue weighted by atomic mass is 10.1. The Labute approximate surface area is 153 Å². The Hall–Kier alpha value is -3.02. The molecule has 2 aromatic carbocycles. The molecule has 136 valence electrons. The van der Waals surface area contributed by atoms with Crippen LogP contribution in [0, 0.1) is 0 Å². The topological polar surface area (TPSA) is 72.9 Å². The highest BCUT2D eigenvalue weighted by Crippen LogP contribution is 2.14. The second-order valence-electron chi connectivity index (χ2n) is 6.30. The van der Waals surface area contributed by atoms with E-state index >= 15 is 0 Å². The van der Waals surface area contributed by atoms with Gasteiger partial charge in [-0.1, -0.05) is 36.4 Å². The van der Waals surface area contributed by atoms with Gasteiger partial charge in [0.05, 0.1) is 0 Å². The predicted octanol–water partition coefficient (Wildman–Crippen LogP) is 2.10. The monoisotopic (exact) mass is 353 g/mol. The zero-order valence-electron chi connectivity index (χ0n) is 14.6. The number of carbonyl (C=O) groups excluding carboxylic acids is 2. The first kappa shape index (κ1) is 17.8. The minimum Gasteiger partial charge on any atom is -0.508 e. The van der Waals surface area contributed by atoms with Gasteiger partial charge in [-0.15, -0.1) is 0 Å². The average molecular weight is 353 g/mol. The van der Waals surface area contributed by atoms with Crippen LogP contribution in [0.15, 0.2) is 54.6 Å². The van der Waals surface area contributed by atoms with Crippen molar-refractivity contribution in [3.63, 3.8) is 0 Å². The molecule has 6 nitrogen and oxygen atoms in total. The van der Waals surface area contributed by atoms with Crippen LogP contribution in [0.2, 0.25) is 0 Å². The number of urea groups is 1. The van der Waals surface area contributed by atoms with Crippen molar-refractivity contribution < 1.29 is 14.7 Å². The number of rotatable bonds is 4. The number of phenols is 1. The number of nitrogens with zero attached hydrogens (tertiary/aromatic N) is 2. The van der Waals surface area contributed by atoms with Crippen LogP contribution in [0.1, 0.15) is 15.9 Å². The quantitative estimate of drug-likeness (QED) is 0.884. The number of hydrogen-bond donors (Lipinski definition) is 2. The third-order valence-electron chi connectivity index (χ3n) is 4.48. The maximum atomic E-state index is 12.5. The van der Waals surface area contributed by atoms with Crippen LogP contribution in [-0.4, -0.2) is 59.6 Å². The van der Waals surface area contributed by atoms with Crippen LogP contribution in [0.25, 0.3) is 0 Å². The Balaban J connectivity index is 1.44. The number of piperazine rings is 1. The lowest BCUT2D eigenvalue weighted by molar-refractivity contribution is 0.0665. The fourth-order valence-electron chi connectivity index (χ4n) is 3.00. The molecule has 0 unspecified atom stereocenters. The SMILES string of the molecule is O=C(NCCc1ccccc1)N1CCN(C(=O)c2cccc(O)c2)CC1. The zero-order valence-corrected chi connectivity index (χ0v) is 14.6. The number of nitrogens with one attached hydrogen (secondary N) is 1. The van der Waals surface area contributed by atoms with Crippen LogP contribution in [0.3, 0.4) is 0 Å². The molecule has 0 spiro atoms. The maximum Gasteiger partial charge on any atom is 0.317 e. The minimum atomic E-state index is -0.120. The summed E-state index contributed by atoms with van der Waals surface area (Å²) >= 11 is 0. The first-order valence-corrected chi connectivity index (χ1v) is 8.78. The summed E-state index contributed by atoms with van der Waals surface area (Å²) in [5.74, 6) is -0.0442. The van der Waals surface area contributed by atoms with Gasteiger partial charge in [-0.3, -0.25) is 4.79 Å².